The Hall–Kier alpha value is -3.63. The molecule has 4 rings (SSSR count). The maximum Gasteiger partial charge on any atom is 0.350 e. The van der Waals surface area contributed by atoms with E-state index in [4.69, 9.17) is 10.3 Å². The predicted molar refractivity (Wildman–Crippen MR) is 124 cm³/mol. The topological polar surface area (TPSA) is 118 Å². The number of nitrogens with zero attached hydrogens (tertiary/aromatic N) is 6. The highest BCUT2D eigenvalue weighted by atomic mass is 35.5. The van der Waals surface area contributed by atoms with Gasteiger partial charge in [-0.15, -0.1) is 12.4 Å². The second-order valence-corrected chi connectivity index (χ2v) is 7.50. The Morgan fingerprint density at radius 2 is 1.94 bits per heavy atom. The van der Waals surface area contributed by atoms with E-state index in [1.165, 1.54) is 10.9 Å². The summed E-state index contributed by atoms with van der Waals surface area (Å²) in [6.07, 6.45) is 3.40. The molecule has 4 aromatic rings. The van der Waals surface area contributed by atoms with Crippen molar-refractivity contribution in [3.05, 3.63) is 77.2 Å². The highest BCUT2D eigenvalue weighted by molar-refractivity contribution is 5.85. The highest BCUT2D eigenvalue weighted by Crippen LogP contribution is 2.24. The van der Waals surface area contributed by atoms with Crippen molar-refractivity contribution in [2.75, 3.05) is 6.54 Å². The Kier molecular flexibility index (Phi) is 7.52. The number of rotatable bonds is 7. The van der Waals surface area contributed by atoms with Gasteiger partial charge in [0.25, 0.3) is 0 Å². The molecule has 0 radical (unpaired) electrons. The smallest absolute Gasteiger partial charge is 0.339 e. The molecule has 0 saturated carbocycles. The van der Waals surface area contributed by atoms with Gasteiger partial charge in [0.2, 0.25) is 11.7 Å². The number of hydrogen-bond acceptors (Lipinski definition) is 7. The second kappa shape index (κ2) is 10.3. The van der Waals surface area contributed by atoms with Gasteiger partial charge in [0.15, 0.2) is 0 Å². The zero-order chi connectivity index (χ0) is 22.7. The van der Waals surface area contributed by atoms with E-state index in [0.29, 0.717) is 29.4 Å². The number of halogens is 2. The summed E-state index contributed by atoms with van der Waals surface area (Å²) >= 11 is 0. The summed E-state index contributed by atoms with van der Waals surface area (Å²) in [4.78, 5) is 21.5. The lowest BCUT2D eigenvalue weighted by atomic mass is 10.1. The van der Waals surface area contributed by atoms with Gasteiger partial charge in [0.1, 0.15) is 6.33 Å². The highest BCUT2D eigenvalue weighted by Gasteiger charge is 2.13. The molecule has 0 fully saturated rings. The first-order chi connectivity index (χ1) is 15.5. The molecule has 172 valence electrons. The van der Waals surface area contributed by atoms with Crippen LogP contribution in [0.1, 0.15) is 25.7 Å². The van der Waals surface area contributed by atoms with E-state index in [9.17, 15) is 9.18 Å². The SMILES string of the molecule is CC(C)c1nc(-c2ccc(-c3cc(-n4cnn(C/C(=C/F)CN)c4=O)ccn3)cc2)no1.Cl. The molecule has 2 N–H and O–H groups in total. The second-order valence-electron chi connectivity index (χ2n) is 7.50. The van der Waals surface area contributed by atoms with Crippen LogP contribution in [0.5, 0.6) is 0 Å². The van der Waals surface area contributed by atoms with Gasteiger partial charge in [0.05, 0.1) is 24.3 Å². The van der Waals surface area contributed by atoms with Crippen LogP contribution in [0.2, 0.25) is 0 Å². The molecule has 0 spiro atoms. The van der Waals surface area contributed by atoms with Crippen LogP contribution in [0.15, 0.2) is 70.1 Å². The normalized spacial score (nSPS) is 11.6. The lowest BCUT2D eigenvalue weighted by molar-refractivity contribution is 0.365. The number of hydrogen-bond donors (Lipinski definition) is 1. The quantitative estimate of drug-likeness (QED) is 0.438. The van der Waals surface area contributed by atoms with Crippen LogP contribution in [0, 0.1) is 0 Å². The zero-order valence-electron chi connectivity index (χ0n) is 18.1. The molecule has 1 aromatic carbocycles. The third-order valence-corrected chi connectivity index (χ3v) is 4.90. The number of benzene rings is 1. The molecule has 3 heterocycles. The van der Waals surface area contributed by atoms with Gasteiger partial charge in [-0.2, -0.15) is 10.1 Å². The van der Waals surface area contributed by atoms with E-state index in [0.717, 1.165) is 15.8 Å². The van der Waals surface area contributed by atoms with Crippen molar-refractivity contribution in [3.8, 4) is 28.3 Å². The summed E-state index contributed by atoms with van der Waals surface area (Å²) in [6, 6.07) is 11.1. The summed E-state index contributed by atoms with van der Waals surface area (Å²) in [7, 11) is 0. The Morgan fingerprint density at radius 1 is 1.21 bits per heavy atom. The molecule has 0 aliphatic heterocycles. The van der Waals surface area contributed by atoms with Crippen molar-refractivity contribution >= 4 is 12.4 Å². The van der Waals surface area contributed by atoms with Gasteiger partial charge in [0, 0.05) is 29.8 Å². The first-order valence-electron chi connectivity index (χ1n) is 10.0. The van der Waals surface area contributed by atoms with E-state index in [1.807, 2.05) is 38.1 Å². The summed E-state index contributed by atoms with van der Waals surface area (Å²) < 4.78 is 20.6. The van der Waals surface area contributed by atoms with Crippen LogP contribution in [0.25, 0.3) is 28.3 Å². The molecule has 0 unspecified atom stereocenters. The molecule has 0 amide bonds. The molecule has 11 heteroatoms. The fourth-order valence-corrected chi connectivity index (χ4v) is 3.06. The largest absolute Gasteiger partial charge is 0.350 e. The molecule has 3 aromatic heterocycles. The maximum absolute atomic E-state index is 12.8. The van der Waals surface area contributed by atoms with Crippen molar-refractivity contribution in [1.29, 1.82) is 0 Å². The molecule has 33 heavy (non-hydrogen) atoms. The van der Waals surface area contributed by atoms with Gasteiger partial charge in [-0.3, -0.25) is 4.98 Å². The zero-order valence-corrected chi connectivity index (χ0v) is 18.9. The third-order valence-electron chi connectivity index (χ3n) is 4.90. The van der Waals surface area contributed by atoms with E-state index >= 15 is 0 Å². The van der Waals surface area contributed by atoms with Crippen molar-refractivity contribution in [2.24, 2.45) is 5.73 Å². The fraction of sp³-hybridized carbons (Fsp3) is 0.227. The lowest BCUT2D eigenvalue weighted by Crippen LogP contribution is -2.26. The minimum atomic E-state index is -0.400. The molecule has 0 atom stereocenters. The molecule has 9 nitrogen and oxygen atoms in total. The minimum absolute atomic E-state index is 0. The lowest BCUT2D eigenvalue weighted by Gasteiger charge is -2.05. The number of pyridine rings is 1. The average molecular weight is 472 g/mol. The van der Waals surface area contributed by atoms with Crippen LogP contribution in [-0.4, -0.2) is 36.0 Å². The third kappa shape index (κ3) is 5.07. The standard InChI is InChI=1S/C22H22FN7O2.ClH/c1-14(2)21-27-20(28-32-21)17-5-3-16(4-6-17)19-9-18(7-8-25-19)29-13-26-30(22(29)31)12-15(10-23)11-24;/h3-10,13-14H,11-12,24H2,1-2H3;1H/b15-10+;. The molecule has 0 aliphatic rings. The van der Waals surface area contributed by atoms with Gasteiger partial charge >= 0.3 is 5.69 Å². The van der Waals surface area contributed by atoms with E-state index in [2.05, 4.69) is 20.2 Å². The fourth-order valence-electron chi connectivity index (χ4n) is 3.06. The molecular weight excluding hydrogens is 449 g/mol. The number of nitrogens with two attached hydrogens (primary N) is 1. The van der Waals surface area contributed by atoms with E-state index in [-0.39, 0.29) is 37.0 Å². The molecule has 0 bridgehead atoms. The van der Waals surface area contributed by atoms with E-state index in [1.54, 1.807) is 18.3 Å². The average Bonchev–Trinajstić information content (AvgIpc) is 3.45. The number of aromatic nitrogens is 6. The van der Waals surface area contributed by atoms with Crippen molar-refractivity contribution < 1.29 is 8.91 Å². The van der Waals surface area contributed by atoms with Crippen molar-refractivity contribution in [3.63, 3.8) is 0 Å². The Bertz CT molecular complexity index is 1310. The van der Waals surface area contributed by atoms with Crippen LogP contribution in [0.3, 0.4) is 0 Å². The van der Waals surface area contributed by atoms with Crippen molar-refractivity contribution in [1.82, 2.24) is 29.5 Å². The summed E-state index contributed by atoms with van der Waals surface area (Å²) in [6.45, 7) is 3.98. The van der Waals surface area contributed by atoms with Crippen LogP contribution in [-0.2, 0) is 6.54 Å². The van der Waals surface area contributed by atoms with E-state index < -0.39 is 5.69 Å². The monoisotopic (exact) mass is 471 g/mol. The Labute approximate surface area is 195 Å². The van der Waals surface area contributed by atoms with Crippen LogP contribution < -0.4 is 11.4 Å². The maximum atomic E-state index is 12.8. The minimum Gasteiger partial charge on any atom is -0.339 e. The summed E-state index contributed by atoms with van der Waals surface area (Å²) in [5.41, 5.74) is 8.29. The Balaban J connectivity index is 0.00000306. The first-order valence-corrected chi connectivity index (χ1v) is 10.0. The van der Waals surface area contributed by atoms with Crippen LogP contribution >= 0.6 is 12.4 Å². The predicted octanol–water partition coefficient (Wildman–Crippen LogP) is 3.50. The first kappa shape index (κ1) is 24.0. The van der Waals surface area contributed by atoms with Crippen LogP contribution in [0.4, 0.5) is 4.39 Å². The van der Waals surface area contributed by atoms with Gasteiger partial charge in [-0.1, -0.05) is 43.3 Å². The van der Waals surface area contributed by atoms with Gasteiger partial charge < -0.3 is 10.3 Å². The molecule has 0 saturated heterocycles. The molecule has 0 aliphatic carbocycles. The van der Waals surface area contributed by atoms with Crippen molar-refractivity contribution in [2.45, 2.75) is 26.3 Å². The van der Waals surface area contributed by atoms with Gasteiger partial charge in [-0.05, 0) is 17.7 Å². The summed E-state index contributed by atoms with van der Waals surface area (Å²) in [5.74, 6) is 1.27. The Morgan fingerprint density at radius 3 is 2.58 bits per heavy atom. The summed E-state index contributed by atoms with van der Waals surface area (Å²) in [5, 5.41) is 8.07. The van der Waals surface area contributed by atoms with Gasteiger partial charge in [-0.25, -0.2) is 18.4 Å². The molecular formula is C22H23ClFN7O2.